The van der Waals surface area contributed by atoms with Crippen molar-refractivity contribution in [3.63, 3.8) is 0 Å². The minimum Gasteiger partial charge on any atom is -0.442 e. The lowest BCUT2D eigenvalue weighted by Gasteiger charge is -2.05. The maximum absolute atomic E-state index is 11.3. The molecule has 1 aliphatic rings. The van der Waals surface area contributed by atoms with E-state index in [1.165, 1.54) is 4.90 Å². The molecule has 14 heavy (non-hydrogen) atoms. The summed E-state index contributed by atoms with van der Waals surface area (Å²) in [5.41, 5.74) is 5.39. The third-order valence-electron chi connectivity index (χ3n) is 1.98. The van der Waals surface area contributed by atoms with Crippen molar-refractivity contribution < 1.29 is 13.9 Å². The number of anilines is 1. The number of aryl methyl sites for hydroxylation is 1. The molecular weight excluding hydrogens is 186 g/mol. The number of rotatable bonds is 2. The summed E-state index contributed by atoms with van der Waals surface area (Å²) in [5.74, 6) is 0.656. The first-order valence-electron chi connectivity index (χ1n) is 4.31. The van der Waals surface area contributed by atoms with Crippen LogP contribution in [0.25, 0.3) is 0 Å². The Hall–Kier alpha value is -1.56. The Balaban J connectivity index is 2.16. The molecule has 6 nitrogen and oxygen atoms in total. The fourth-order valence-corrected chi connectivity index (χ4v) is 1.27. The Bertz CT molecular complexity index is 349. The Kier molecular flexibility index (Phi) is 2.12. The van der Waals surface area contributed by atoms with Crippen LogP contribution >= 0.6 is 0 Å². The molecule has 1 aliphatic heterocycles. The number of amides is 1. The van der Waals surface area contributed by atoms with Gasteiger partial charge in [-0.05, 0) is 6.92 Å². The van der Waals surface area contributed by atoms with Crippen LogP contribution in [0, 0.1) is 6.92 Å². The van der Waals surface area contributed by atoms with Gasteiger partial charge < -0.3 is 14.9 Å². The maximum Gasteiger partial charge on any atom is 0.418 e. The van der Waals surface area contributed by atoms with Crippen LogP contribution in [-0.2, 0) is 4.74 Å². The molecular formula is C8H11N3O3. The van der Waals surface area contributed by atoms with Crippen LogP contribution in [0.1, 0.15) is 5.76 Å². The van der Waals surface area contributed by atoms with Gasteiger partial charge in [-0.1, -0.05) is 0 Å². The number of carbonyl (C=O) groups is 1. The lowest BCUT2D eigenvalue weighted by atomic mass is 10.3. The van der Waals surface area contributed by atoms with Gasteiger partial charge >= 0.3 is 12.1 Å². The van der Waals surface area contributed by atoms with Crippen LogP contribution in [0.2, 0.25) is 0 Å². The number of hydrogen-bond donors (Lipinski definition) is 1. The molecule has 2 rings (SSSR count). The normalized spacial score (nSPS) is 21.4. The summed E-state index contributed by atoms with van der Waals surface area (Å²) in [6.45, 7) is 2.47. The van der Waals surface area contributed by atoms with E-state index in [0.717, 1.165) is 0 Å². The maximum atomic E-state index is 11.3. The van der Waals surface area contributed by atoms with Gasteiger partial charge in [-0.2, -0.15) is 0 Å². The molecule has 1 aromatic heterocycles. The highest BCUT2D eigenvalue weighted by atomic mass is 16.6. The van der Waals surface area contributed by atoms with Crippen molar-refractivity contribution in [2.75, 3.05) is 18.0 Å². The third-order valence-corrected chi connectivity index (χ3v) is 1.98. The summed E-state index contributed by atoms with van der Waals surface area (Å²) in [6, 6.07) is 0.267. The SMILES string of the molecule is Cc1cnc(N2CC(CN)OC2=O)o1. The second kappa shape index (κ2) is 3.30. The molecule has 6 heteroatoms. The number of hydrogen-bond acceptors (Lipinski definition) is 5. The topological polar surface area (TPSA) is 81.6 Å². The molecule has 1 fully saturated rings. The summed E-state index contributed by atoms with van der Waals surface area (Å²) in [5, 5.41) is 0. The monoisotopic (exact) mass is 197 g/mol. The van der Waals surface area contributed by atoms with Crippen molar-refractivity contribution in [2.45, 2.75) is 13.0 Å². The van der Waals surface area contributed by atoms with Gasteiger partial charge in [0.05, 0.1) is 12.7 Å². The second-order valence-electron chi connectivity index (χ2n) is 3.11. The zero-order chi connectivity index (χ0) is 10.1. The Morgan fingerprint density at radius 1 is 1.79 bits per heavy atom. The van der Waals surface area contributed by atoms with Crippen molar-refractivity contribution in [3.8, 4) is 0 Å². The third kappa shape index (κ3) is 1.44. The smallest absolute Gasteiger partial charge is 0.418 e. The Morgan fingerprint density at radius 3 is 3.07 bits per heavy atom. The summed E-state index contributed by atoms with van der Waals surface area (Å²) in [7, 11) is 0. The molecule has 2 N–H and O–H groups in total. The second-order valence-corrected chi connectivity index (χ2v) is 3.11. The first kappa shape index (κ1) is 9.01. The molecule has 1 atom stereocenters. The van der Waals surface area contributed by atoms with Gasteiger partial charge in [-0.3, -0.25) is 0 Å². The molecule has 1 aromatic rings. The van der Waals surface area contributed by atoms with Crippen molar-refractivity contribution in [1.29, 1.82) is 0 Å². The molecule has 0 spiro atoms. The molecule has 0 saturated carbocycles. The van der Waals surface area contributed by atoms with Crippen LogP contribution in [0.4, 0.5) is 10.8 Å². The van der Waals surface area contributed by atoms with Gasteiger partial charge in [-0.15, -0.1) is 0 Å². The number of cyclic esters (lactones) is 1. The molecule has 0 radical (unpaired) electrons. The van der Waals surface area contributed by atoms with Gasteiger partial charge in [0.1, 0.15) is 11.9 Å². The van der Waals surface area contributed by atoms with Crippen LogP contribution in [0.5, 0.6) is 0 Å². The number of nitrogens with two attached hydrogens (primary N) is 1. The van der Waals surface area contributed by atoms with Crippen LogP contribution in [-0.4, -0.2) is 30.3 Å². The standard InChI is InChI=1S/C8H11N3O3/c1-5-3-10-7(13-5)11-4-6(2-9)14-8(11)12/h3,6H,2,4,9H2,1H3. The summed E-state index contributed by atoms with van der Waals surface area (Å²) >= 11 is 0. The molecule has 76 valence electrons. The van der Waals surface area contributed by atoms with E-state index in [1.54, 1.807) is 13.1 Å². The fourth-order valence-electron chi connectivity index (χ4n) is 1.27. The molecule has 1 saturated heterocycles. The molecule has 1 unspecified atom stereocenters. The molecule has 0 bridgehead atoms. The van der Waals surface area contributed by atoms with E-state index < -0.39 is 6.09 Å². The predicted octanol–water partition coefficient (Wildman–Crippen LogP) is 0.267. The minimum absolute atomic E-state index is 0.267. The van der Waals surface area contributed by atoms with E-state index in [4.69, 9.17) is 14.9 Å². The van der Waals surface area contributed by atoms with Gasteiger partial charge in [0.15, 0.2) is 0 Å². The van der Waals surface area contributed by atoms with E-state index >= 15 is 0 Å². The predicted molar refractivity (Wildman–Crippen MR) is 47.9 cm³/mol. The van der Waals surface area contributed by atoms with Gasteiger partial charge in [0.2, 0.25) is 0 Å². The lowest BCUT2D eigenvalue weighted by Crippen LogP contribution is -2.27. The summed E-state index contributed by atoms with van der Waals surface area (Å²) < 4.78 is 10.2. The van der Waals surface area contributed by atoms with Crippen molar-refractivity contribution in [2.24, 2.45) is 5.73 Å². The zero-order valence-corrected chi connectivity index (χ0v) is 7.77. The molecule has 0 aliphatic carbocycles. The number of nitrogens with zero attached hydrogens (tertiary/aromatic N) is 2. The molecule has 1 amide bonds. The zero-order valence-electron chi connectivity index (χ0n) is 7.77. The number of aromatic nitrogens is 1. The van der Waals surface area contributed by atoms with Gasteiger partial charge in [0.25, 0.3) is 0 Å². The fraction of sp³-hybridized carbons (Fsp3) is 0.500. The average molecular weight is 197 g/mol. The van der Waals surface area contributed by atoms with E-state index in [2.05, 4.69) is 4.98 Å². The highest BCUT2D eigenvalue weighted by molar-refractivity contribution is 5.87. The highest BCUT2D eigenvalue weighted by Gasteiger charge is 2.34. The molecule has 0 aromatic carbocycles. The van der Waals surface area contributed by atoms with E-state index in [1.807, 2.05) is 0 Å². The first-order valence-corrected chi connectivity index (χ1v) is 4.31. The minimum atomic E-state index is -0.456. The Labute approximate surface area is 80.6 Å². The van der Waals surface area contributed by atoms with Crippen LogP contribution in [0.15, 0.2) is 10.6 Å². The van der Waals surface area contributed by atoms with E-state index in [9.17, 15) is 4.79 Å². The largest absolute Gasteiger partial charge is 0.442 e. The quantitative estimate of drug-likeness (QED) is 0.735. The average Bonchev–Trinajstić information content (AvgIpc) is 2.71. The highest BCUT2D eigenvalue weighted by Crippen LogP contribution is 2.20. The molecule has 2 heterocycles. The van der Waals surface area contributed by atoms with Crippen LogP contribution < -0.4 is 10.6 Å². The van der Waals surface area contributed by atoms with Gasteiger partial charge in [-0.25, -0.2) is 14.7 Å². The van der Waals surface area contributed by atoms with Crippen molar-refractivity contribution in [1.82, 2.24) is 4.98 Å². The van der Waals surface area contributed by atoms with Crippen molar-refractivity contribution in [3.05, 3.63) is 12.0 Å². The van der Waals surface area contributed by atoms with Gasteiger partial charge in [0, 0.05) is 6.54 Å². The van der Waals surface area contributed by atoms with Crippen molar-refractivity contribution >= 4 is 12.1 Å². The van der Waals surface area contributed by atoms with E-state index in [0.29, 0.717) is 18.8 Å². The lowest BCUT2D eigenvalue weighted by molar-refractivity contribution is 0.145. The van der Waals surface area contributed by atoms with E-state index in [-0.39, 0.29) is 12.1 Å². The summed E-state index contributed by atoms with van der Waals surface area (Å²) in [6.07, 6.45) is 0.829. The number of carbonyl (C=O) groups excluding carboxylic acids is 1. The summed E-state index contributed by atoms with van der Waals surface area (Å²) in [4.78, 5) is 16.6. The Morgan fingerprint density at radius 2 is 2.57 bits per heavy atom. The van der Waals surface area contributed by atoms with Crippen LogP contribution in [0.3, 0.4) is 0 Å². The number of oxazole rings is 1. The number of ether oxygens (including phenoxy) is 1. The first-order chi connectivity index (χ1) is 6.70.